The number of carbonyl (C=O) groups excluding carboxylic acids is 1. The zero-order chi connectivity index (χ0) is 14.8. The quantitative estimate of drug-likeness (QED) is 0.805. The van der Waals surface area contributed by atoms with Gasteiger partial charge in [0.1, 0.15) is 0 Å². The molecule has 8 heteroatoms. The second kappa shape index (κ2) is 5.36. The van der Waals surface area contributed by atoms with Crippen LogP contribution >= 0.6 is 0 Å². The van der Waals surface area contributed by atoms with Gasteiger partial charge in [-0.15, -0.1) is 0 Å². The molecule has 0 radical (unpaired) electrons. The molecule has 1 heterocycles. The Bertz CT molecular complexity index is 373. The maximum absolute atomic E-state index is 12.9. The summed E-state index contributed by atoms with van der Waals surface area (Å²) in [5.41, 5.74) is 2.69. The van der Waals surface area contributed by atoms with Gasteiger partial charge in [-0.2, -0.15) is 13.2 Å². The number of hydrogen-bond acceptors (Lipinski definition) is 3. The molecule has 0 aliphatic carbocycles. The van der Waals surface area contributed by atoms with Crippen molar-refractivity contribution in [2.75, 3.05) is 13.1 Å². The van der Waals surface area contributed by atoms with Crippen LogP contribution in [-0.2, 0) is 9.59 Å². The Labute approximate surface area is 108 Å². The minimum absolute atomic E-state index is 0.234. The number of hydrogen-bond donors (Lipinski definition) is 2. The molecule has 1 saturated heterocycles. The van der Waals surface area contributed by atoms with E-state index in [1.807, 2.05) is 0 Å². The van der Waals surface area contributed by atoms with Crippen LogP contribution in [0.25, 0.3) is 0 Å². The van der Waals surface area contributed by atoms with E-state index in [9.17, 15) is 22.8 Å². The Morgan fingerprint density at radius 3 is 2.42 bits per heavy atom. The van der Waals surface area contributed by atoms with Crippen LogP contribution in [0, 0.1) is 5.41 Å². The molecule has 3 N–H and O–H groups in total. The molecule has 2 unspecified atom stereocenters. The fraction of sp³-hybridized carbons (Fsp3) is 0.818. The Morgan fingerprint density at radius 1 is 1.47 bits per heavy atom. The van der Waals surface area contributed by atoms with E-state index in [0.717, 1.165) is 4.90 Å². The van der Waals surface area contributed by atoms with Crippen LogP contribution in [0.4, 0.5) is 13.2 Å². The van der Waals surface area contributed by atoms with E-state index in [-0.39, 0.29) is 6.54 Å². The van der Waals surface area contributed by atoms with Crippen molar-refractivity contribution in [3.63, 3.8) is 0 Å². The lowest BCUT2D eigenvalue weighted by Gasteiger charge is -2.28. The summed E-state index contributed by atoms with van der Waals surface area (Å²) in [5, 5.41) is 8.85. The van der Waals surface area contributed by atoms with Crippen LogP contribution in [0.15, 0.2) is 0 Å². The van der Waals surface area contributed by atoms with Gasteiger partial charge in [-0.3, -0.25) is 9.59 Å². The van der Waals surface area contributed by atoms with Crippen LogP contribution < -0.4 is 5.73 Å². The van der Waals surface area contributed by atoms with Crippen molar-refractivity contribution >= 4 is 11.9 Å². The Morgan fingerprint density at radius 2 is 2.05 bits per heavy atom. The number of carboxylic acid groups (broad SMARTS) is 1. The smallest absolute Gasteiger partial charge is 0.406 e. The second-order valence-corrected chi connectivity index (χ2v) is 4.79. The minimum atomic E-state index is -4.89. The number of alkyl halides is 3. The third-order valence-electron chi connectivity index (χ3n) is 3.45. The maximum Gasteiger partial charge on any atom is 0.406 e. The monoisotopic (exact) mass is 282 g/mol. The highest BCUT2D eigenvalue weighted by molar-refractivity contribution is 5.84. The van der Waals surface area contributed by atoms with Gasteiger partial charge in [0.2, 0.25) is 5.91 Å². The molecule has 19 heavy (non-hydrogen) atoms. The predicted molar refractivity (Wildman–Crippen MR) is 60.2 cm³/mol. The molecule has 1 amide bonds. The van der Waals surface area contributed by atoms with Gasteiger partial charge in [-0.25, -0.2) is 0 Å². The van der Waals surface area contributed by atoms with Gasteiger partial charge < -0.3 is 15.7 Å². The fourth-order valence-electron chi connectivity index (χ4n) is 2.19. The summed E-state index contributed by atoms with van der Waals surface area (Å²) in [5.74, 6) is -2.56. The number of carboxylic acids is 1. The fourth-order valence-corrected chi connectivity index (χ4v) is 2.19. The van der Waals surface area contributed by atoms with Gasteiger partial charge in [0.05, 0.1) is 6.04 Å². The number of nitrogens with zero attached hydrogens (tertiary/aromatic N) is 1. The third-order valence-corrected chi connectivity index (χ3v) is 3.45. The number of rotatable bonds is 4. The summed E-state index contributed by atoms with van der Waals surface area (Å²) in [4.78, 5) is 23.7. The standard InChI is InChI=1S/C11H17F3N2O3/c1-2-3-7(15)8(17)16-5-4-10(6-16,9(18)19)11(12,13)14/h7H,2-6,15H2,1H3,(H,18,19). The predicted octanol–water partition coefficient (Wildman–Crippen LogP) is 0.979. The van der Waals surface area contributed by atoms with Crippen LogP contribution in [0.3, 0.4) is 0 Å². The molecule has 110 valence electrons. The summed E-state index contributed by atoms with van der Waals surface area (Å²) in [6, 6.07) is -0.872. The summed E-state index contributed by atoms with van der Waals surface area (Å²) in [7, 11) is 0. The van der Waals surface area contributed by atoms with Crippen LogP contribution in [-0.4, -0.2) is 47.2 Å². The summed E-state index contributed by atoms with van der Waals surface area (Å²) in [6.07, 6.45) is -4.52. The zero-order valence-electron chi connectivity index (χ0n) is 10.5. The molecule has 0 bridgehead atoms. The van der Waals surface area contributed by atoms with E-state index in [1.54, 1.807) is 6.92 Å². The topological polar surface area (TPSA) is 83.6 Å². The molecule has 1 rings (SSSR count). The van der Waals surface area contributed by atoms with Crippen molar-refractivity contribution in [3.8, 4) is 0 Å². The first-order valence-corrected chi connectivity index (χ1v) is 6.00. The first-order valence-electron chi connectivity index (χ1n) is 6.00. The van der Waals surface area contributed by atoms with E-state index in [0.29, 0.717) is 12.8 Å². The lowest BCUT2D eigenvalue weighted by Crippen LogP contribution is -2.49. The molecule has 2 atom stereocenters. The molecule has 1 aliphatic heterocycles. The van der Waals surface area contributed by atoms with Crippen LogP contribution in [0.2, 0.25) is 0 Å². The van der Waals surface area contributed by atoms with Crippen molar-refractivity contribution in [2.45, 2.75) is 38.4 Å². The highest BCUT2D eigenvalue weighted by Crippen LogP contribution is 2.45. The minimum Gasteiger partial charge on any atom is -0.481 e. The summed E-state index contributed by atoms with van der Waals surface area (Å²) in [6.45, 7) is 0.707. The summed E-state index contributed by atoms with van der Waals surface area (Å²) < 4.78 is 38.7. The highest BCUT2D eigenvalue weighted by Gasteiger charge is 2.64. The largest absolute Gasteiger partial charge is 0.481 e. The molecule has 0 saturated carbocycles. The first kappa shape index (κ1) is 15.7. The Balaban J connectivity index is 2.86. The van der Waals surface area contributed by atoms with Crippen molar-refractivity contribution in [1.29, 1.82) is 0 Å². The van der Waals surface area contributed by atoms with Gasteiger partial charge in [0, 0.05) is 13.1 Å². The lowest BCUT2D eigenvalue weighted by atomic mass is 9.86. The van der Waals surface area contributed by atoms with Gasteiger partial charge in [0.15, 0.2) is 5.41 Å². The molecule has 5 nitrogen and oxygen atoms in total. The maximum atomic E-state index is 12.9. The van der Waals surface area contributed by atoms with Crippen LogP contribution in [0.1, 0.15) is 26.2 Å². The molecular weight excluding hydrogens is 265 g/mol. The van der Waals surface area contributed by atoms with E-state index in [2.05, 4.69) is 0 Å². The number of nitrogens with two attached hydrogens (primary N) is 1. The Kier molecular flexibility index (Phi) is 4.44. The zero-order valence-corrected chi connectivity index (χ0v) is 10.5. The molecule has 0 spiro atoms. The molecule has 0 aromatic rings. The Hall–Kier alpha value is -1.31. The van der Waals surface area contributed by atoms with Crippen molar-refractivity contribution in [3.05, 3.63) is 0 Å². The SMILES string of the molecule is CCCC(N)C(=O)N1CCC(C(=O)O)(C(F)(F)F)C1. The second-order valence-electron chi connectivity index (χ2n) is 4.79. The van der Waals surface area contributed by atoms with Crippen molar-refractivity contribution in [1.82, 2.24) is 4.90 Å². The van der Waals surface area contributed by atoms with Gasteiger partial charge in [0.25, 0.3) is 0 Å². The van der Waals surface area contributed by atoms with Crippen LogP contribution in [0.5, 0.6) is 0 Å². The average Bonchev–Trinajstić information content (AvgIpc) is 2.73. The molecular formula is C11H17F3N2O3. The number of amides is 1. The van der Waals surface area contributed by atoms with E-state index in [4.69, 9.17) is 10.8 Å². The van der Waals surface area contributed by atoms with E-state index >= 15 is 0 Å². The molecule has 0 aromatic heterocycles. The van der Waals surface area contributed by atoms with Crippen molar-refractivity contribution < 1.29 is 27.9 Å². The van der Waals surface area contributed by atoms with E-state index in [1.165, 1.54) is 0 Å². The third kappa shape index (κ3) is 2.83. The number of carbonyl (C=O) groups is 2. The number of likely N-dealkylation sites (tertiary alicyclic amines) is 1. The highest BCUT2D eigenvalue weighted by atomic mass is 19.4. The van der Waals surface area contributed by atoms with E-state index < -0.39 is 42.5 Å². The van der Waals surface area contributed by atoms with Crippen molar-refractivity contribution in [2.24, 2.45) is 11.1 Å². The summed E-state index contributed by atoms with van der Waals surface area (Å²) >= 11 is 0. The number of aliphatic carboxylic acids is 1. The molecule has 1 aliphatic rings. The van der Waals surface area contributed by atoms with Gasteiger partial charge in [-0.1, -0.05) is 13.3 Å². The lowest BCUT2D eigenvalue weighted by molar-refractivity contribution is -0.227. The molecule has 1 fully saturated rings. The van der Waals surface area contributed by atoms with Gasteiger partial charge >= 0.3 is 12.1 Å². The normalized spacial score (nSPS) is 25.4. The first-order chi connectivity index (χ1) is 8.65. The molecule has 0 aromatic carbocycles. The van der Waals surface area contributed by atoms with Gasteiger partial charge in [-0.05, 0) is 12.8 Å². The average molecular weight is 282 g/mol. The number of halogens is 3.